The molecule has 3 fully saturated rings. The van der Waals surface area contributed by atoms with Gasteiger partial charge in [-0.2, -0.15) is 40.4 Å². The zero-order valence-corrected chi connectivity index (χ0v) is 23.3. The lowest BCUT2D eigenvalue weighted by molar-refractivity contribution is -0.284. The smallest absolute Gasteiger partial charge is 0.365 e. The number of nitriles is 1. The molecule has 0 radical (unpaired) electrons. The van der Waals surface area contributed by atoms with E-state index in [1.165, 1.54) is 6.07 Å². The zero-order chi connectivity index (χ0) is 31.5. The Bertz CT molecular complexity index is 1290. The first-order valence-corrected chi connectivity index (χ1v) is 14.4. The Labute approximate surface area is 238 Å². The minimum Gasteiger partial charge on any atom is -0.365 e. The van der Waals surface area contributed by atoms with Gasteiger partial charge in [0, 0.05) is 41.8 Å². The van der Waals surface area contributed by atoms with Crippen molar-refractivity contribution in [3.05, 3.63) is 29.3 Å². The summed E-state index contributed by atoms with van der Waals surface area (Å²) in [5, 5.41) is 9.06. The third-order valence-electron chi connectivity index (χ3n) is 7.97. The Morgan fingerprint density at radius 1 is 0.976 bits per heavy atom. The van der Waals surface area contributed by atoms with Gasteiger partial charge in [0.15, 0.2) is 0 Å². The average Bonchev–Trinajstić information content (AvgIpc) is 3.22. The van der Waals surface area contributed by atoms with Gasteiger partial charge >= 0.3 is 18.3 Å². The standard InChI is InChI=1S/C26H27F8N3O4S/c1-22-13-36(8-4-10-42(40)9-3-7-24(27,28)26(32,33)34)14-23(2,41-22)19-18(22)20(38)37(21(19)39)16-6-5-15(12-35)17(11-16)25(29,30)31/h5-6,11,18-19H,3-4,7-10,13-14H2,1-2H3/t18-,19?,22+,23?,42?/m0/s1. The average molecular weight is 630 g/mol. The van der Waals surface area contributed by atoms with Gasteiger partial charge in [0.2, 0.25) is 11.8 Å². The number of anilines is 1. The van der Waals surface area contributed by atoms with Crippen molar-refractivity contribution in [2.24, 2.45) is 11.8 Å². The van der Waals surface area contributed by atoms with Crippen molar-refractivity contribution in [2.45, 2.75) is 62.6 Å². The van der Waals surface area contributed by atoms with Crippen molar-refractivity contribution < 1.29 is 53.7 Å². The summed E-state index contributed by atoms with van der Waals surface area (Å²) < 4.78 is 122. The van der Waals surface area contributed by atoms with E-state index in [0.717, 1.165) is 12.1 Å². The summed E-state index contributed by atoms with van der Waals surface area (Å²) in [6, 6.07) is 4.07. The Kier molecular flexibility index (Phi) is 8.31. The van der Waals surface area contributed by atoms with E-state index in [-0.39, 0.29) is 30.3 Å². The second kappa shape index (κ2) is 10.8. The van der Waals surface area contributed by atoms with Crippen molar-refractivity contribution in [2.75, 3.05) is 36.0 Å². The highest BCUT2D eigenvalue weighted by molar-refractivity contribution is 7.84. The maximum atomic E-state index is 13.5. The number of nitrogens with zero attached hydrogens (tertiary/aromatic N) is 3. The molecule has 2 bridgehead atoms. The van der Waals surface area contributed by atoms with Gasteiger partial charge in [-0.3, -0.25) is 18.7 Å². The lowest BCUT2D eigenvalue weighted by Crippen LogP contribution is -2.58. The summed E-state index contributed by atoms with van der Waals surface area (Å²) in [4.78, 5) is 29.7. The molecular formula is C26H27F8N3O4S. The third kappa shape index (κ3) is 5.79. The molecule has 3 unspecified atom stereocenters. The van der Waals surface area contributed by atoms with E-state index in [0.29, 0.717) is 23.9 Å². The molecule has 0 saturated carbocycles. The van der Waals surface area contributed by atoms with Gasteiger partial charge in [-0.15, -0.1) is 0 Å². The van der Waals surface area contributed by atoms with E-state index in [1.807, 2.05) is 4.90 Å². The molecule has 0 spiro atoms. The molecule has 0 N–H and O–H groups in total. The molecule has 5 atom stereocenters. The maximum Gasteiger partial charge on any atom is 0.453 e. The van der Waals surface area contributed by atoms with Gasteiger partial charge in [-0.25, -0.2) is 4.90 Å². The summed E-state index contributed by atoms with van der Waals surface area (Å²) in [6.45, 7) is 3.87. The highest BCUT2D eigenvalue weighted by Gasteiger charge is 2.71. The van der Waals surface area contributed by atoms with Crippen LogP contribution in [0.15, 0.2) is 18.2 Å². The fourth-order valence-electron chi connectivity index (χ4n) is 6.33. The first kappa shape index (κ1) is 32.3. The van der Waals surface area contributed by atoms with E-state index >= 15 is 0 Å². The van der Waals surface area contributed by atoms with Crippen LogP contribution in [0.25, 0.3) is 0 Å². The predicted octanol–water partition coefficient (Wildman–Crippen LogP) is 4.66. The van der Waals surface area contributed by atoms with E-state index < -0.39 is 87.9 Å². The molecule has 3 aliphatic heterocycles. The van der Waals surface area contributed by atoms with Crippen LogP contribution >= 0.6 is 0 Å². The summed E-state index contributed by atoms with van der Waals surface area (Å²) >= 11 is 0. The van der Waals surface area contributed by atoms with Crippen molar-refractivity contribution in [3.8, 4) is 6.07 Å². The number of halogens is 8. The van der Waals surface area contributed by atoms with Gasteiger partial charge in [0.05, 0.1) is 45.9 Å². The number of carbonyl (C=O) groups excluding carboxylic acids is 2. The van der Waals surface area contributed by atoms with Crippen LogP contribution in [0.4, 0.5) is 40.8 Å². The number of amides is 2. The van der Waals surface area contributed by atoms with E-state index in [1.54, 1.807) is 13.8 Å². The number of alkyl halides is 8. The molecule has 1 aromatic carbocycles. The van der Waals surface area contributed by atoms with Crippen LogP contribution in [0.1, 0.15) is 44.2 Å². The van der Waals surface area contributed by atoms with Crippen LogP contribution in [0.5, 0.6) is 0 Å². The maximum absolute atomic E-state index is 13.5. The van der Waals surface area contributed by atoms with Gasteiger partial charge in [0.1, 0.15) is 0 Å². The Hall–Kier alpha value is -2.64. The van der Waals surface area contributed by atoms with E-state index in [2.05, 4.69) is 0 Å². The fraction of sp³-hybridized carbons (Fsp3) is 0.654. The number of carbonyl (C=O) groups is 2. The van der Waals surface area contributed by atoms with Crippen molar-refractivity contribution in [1.82, 2.24) is 4.90 Å². The normalized spacial score (nSPS) is 29.1. The van der Waals surface area contributed by atoms with Gasteiger partial charge < -0.3 is 4.74 Å². The van der Waals surface area contributed by atoms with Crippen LogP contribution in [0, 0.1) is 23.2 Å². The fourth-order valence-corrected chi connectivity index (χ4v) is 7.45. The topological polar surface area (TPSA) is 90.7 Å². The number of likely N-dealkylation sites (tertiary alicyclic amines) is 1. The number of rotatable bonds is 9. The summed E-state index contributed by atoms with van der Waals surface area (Å²) in [6.07, 6.45) is -12.3. The van der Waals surface area contributed by atoms with Crippen molar-refractivity contribution in [3.63, 3.8) is 0 Å². The number of hydrogen-bond acceptors (Lipinski definition) is 6. The van der Waals surface area contributed by atoms with Gasteiger partial charge in [-0.1, -0.05) is 0 Å². The Morgan fingerprint density at radius 2 is 1.52 bits per heavy atom. The largest absolute Gasteiger partial charge is 0.453 e. The molecule has 0 aromatic heterocycles. The molecule has 232 valence electrons. The third-order valence-corrected chi connectivity index (χ3v) is 9.46. The van der Waals surface area contributed by atoms with E-state index in [9.17, 15) is 48.9 Å². The molecule has 4 rings (SSSR count). The number of hydrogen-bond donors (Lipinski definition) is 0. The summed E-state index contributed by atoms with van der Waals surface area (Å²) in [5.41, 5.74) is -4.61. The molecular weight excluding hydrogens is 602 g/mol. The summed E-state index contributed by atoms with van der Waals surface area (Å²) in [5.74, 6) is -8.60. The summed E-state index contributed by atoms with van der Waals surface area (Å²) in [7, 11) is -1.64. The highest BCUT2D eigenvalue weighted by Crippen LogP contribution is 2.55. The molecule has 1 aromatic rings. The molecule has 2 amide bonds. The first-order chi connectivity index (χ1) is 19.2. The predicted molar refractivity (Wildman–Crippen MR) is 133 cm³/mol. The quantitative estimate of drug-likeness (QED) is 0.292. The first-order valence-electron chi connectivity index (χ1n) is 13.0. The Morgan fingerprint density at radius 3 is 2.02 bits per heavy atom. The molecule has 3 saturated heterocycles. The molecule has 3 aliphatic rings. The van der Waals surface area contributed by atoms with Gasteiger partial charge in [0.25, 0.3) is 0 Å². The number of ether oxygens (including phenoxy) is 1. The molecule has 16 heteroatoms. The van der Waals surface area contributed by atoms with Crippen LogP contribution in [-0.4, -0.2) is 75.4 Å². The molecule has 42 heavy (non-hydrogen) atoms. The number of morpholine rings is 1. The minimum absolute atomic E-state index is 0.0428. The lowest BCUT2D eigenvalue weighted by atomic mass is 9.79. The Balaban J connectivity index is 1.41. The SMILES string of the molecule is CC12CN(CCCS(=O)CCCC(F)(F)C(F)(F)F)C[C@@](C)(O1)[C@@H]1C(=O)N(c3ccc(C#N)c(C(F)(F)F)c3)C(=O)C12. The second-order valence-corrected chi connectivity index (χ2v) is 12.9. The van der Waals surface area contributed by atoms with Crippen molar-refractivity contribution in [1.29, 1.82) is 5.26 Å². The van der Waals surface area contributed by atoms with Crippen LogP contribution in [-0.2, 0) is 31.3 Å². The van der Waals surface area contributed by atoms with Crippen LogP contribution in [0.2, 0.25) is 0 Å². The lowest BCUT2D eigenvalue weighted by Gasteiger charge is -2.45. The second-order valence-electron chi connectivity index (χ2n) is 11.3. The monoisotopic (exact) mass is 629 g/mol. The minimum atomic E-state index is -5.66. The van der Waals surface area contributed by atoms with Crippen LogP contribution < -0.4 is 4.90 Å². The number of imide groups is 1. The van der Waals surface area contributed by atoms with E-state index in [4.69, 9.17) is 10.00 Å². The molecule has 0 aliphatic carbocycles. The molecule has 7 nitrogen and oxygen atoms in total. The zero-order valence-electron chi connectivity index (χ0n) is 22.5. The van der Waals surface area contributed by atoms with Crippen molar-refractivity contribution >= 4 is 28.3 Å². The van der Waals surface area contributed by atoms with Gasteiger partial charge in [-0.05, 0) is 51.4 Å². The van der Waals surface area contributed by atoms with Crippen LogP contribution in [0.3, 0.4) is 0 Å². The number of fused-ring (bicyclic) bond motifs is 5. The highest BCUT2D eigenvalue weighted by atomic mass is 32.2. The molecule has 3 heterocycles. The number of benzene rings is 1.